The third kappa shape index (κ3) is 4.54. The van der Waals surface area contributed by atoms with E-state index in [1.807, 2.05) is 6.07 Å². The van der Waals surface area contributed by atoms with Crippen LogP contribution in [0.3, 0.4) is 0 Å². The Bertz CT molecular complexity index is 331. The van der Waals surface area contributed by atoms with Crippen LogP contribution in [0, 0.1) is 0 Å². The zero-order chi connectivity index (χ0) is 11.5. The highest BCUT2D eigenvalue weighted by atomic mass is 35.5. The molecule has 2 nitrogen and oxygen atoms in total. The lowest BCUT2D eigenvalue weighted by Crippen LogP contribution is -2.37. The summed E-state index contributed by atoms with van der Waals surface area (Å²) in [5, 5.41) is 13.1. The molecule has 0 amide bonds. The van der Waals surface area contributed by atoms with E-state index < -0.39 is 0 Å². The van der Waals surface area contributed by atoms with E-state index in [1.165, 1.54) is 0 Å². The topological polar surface area (TPSA) is 32.3 Å². The van der Waals surface area contributed by atoms with Gasteiger partial charge in [0.1, 0.15) is 5.75 Å². The molecule has 0 saturated heterocycles. The van der Waals surface area contributed by atoms with Gasteiger partial charge < -0.3 is 10.4 Å². The summed E-state index contributed by atoms with van der Waals surface area (Å²) in [6, 6.07) is 5.33. The number of nitrogens with one attached hydrogen (secondary N) is 1. The quantitative estimate of drug-likeness (QED) is 0.832. The van der Waals surface area contributed by atoms with Crippen LogP contribution in [0.5, 0.6) is 5.75 Å². The second kappa shape index (κ2) is 4.86. The SMILES string of the molecule is CC(C)(C)NCCc1ccc(O)c(Cl)c1. The van der Waals surface area contributed by atoms with Crippen LogP contribution in [0.2, 0.25) is 5.02 Å². The van der Waals surface area contributed by atoms with Crippen LogP contribution in [0.15, 0.2) is 18.2 Å². The van der Waals surface area contributed by atoms with E-state index in [4.69, 9.17) is 11.6 Å². The molecule has 15 heavy (non-hydrogen) atoms. The van der Waals surface area contributed by atoms with E-state index in [2.05, 4.69) is 26.1 Å². The maximum atomic E-state index is 9.25. The Kier molecular flexibility index (Phi) is 4.00. The molecule has 84 valence electrons. The fourth-order valence-corrected chi connectivity index (χ4v) is 1.49. The largest absolute Gasteiger partial charge is 0.506 e. The van der Waals surface area contributed by atoms with Crippen LogP contribution >= 0.6 is 11.6 Å². The Balaban J connectivity index is 2.48. The summed E-state index contributed by atoms with van der Waals surface area (Å²) in [5.74, 6) is 0.143. The van der Waals surface area contributed by atoms with Gasteiger partial charge in [0, 0.05) is 5.54 Å². The molecule has 1 aromatic carbocycles. The van der Waals surface area contributed by atoms with Crippen LogP contribution in [-0.4, -0.2) is 17.2 Å². The van der Waals surface area contributed by atoms with E-state index in [-0.39, 0.29) is 11.3 Å². The second-order valence-electron chi connectivity index (χ2n) is 4.71. The number of hydrogen-bond donors (Lipinski definition) is 2. The Labute approximate surface area is 96.3 Å². The highest BCUT2D eigenvalue weighted by Gasteiger charge is 2.07. The molecule has 0 saturated carbocycles. The van der Waals surface area contributed by atoms with Crippen molar-refractivity contribution in [3.8, 4) is 5.75 Å². The smallest absolute Gasteiger partial charge is 0.134 e. The van der Waals surface area contributed by atoms with Crippen molar-refractivity contribution in [2.45, 2.75) is 32.7 Å². The molecule has 0 heterocycles. The number of benzene rings is 1. The van der Waals surface area contributed by atoms with Crippen LogP contribution in [0.4, 0.5) is 0 Å². The highest BCUT2D eigenvalue weighted by Crippen LogP contribution is 2.23. The molecule has 0 aromatic heterocycles. The molecule has 0 fully saturated rings. The first-order valence-corrected chi connectivity index (χ1v) is 5.49. The van der Waals surface area contributed by atoms with Crippen molar-refractivity contribution >= 4 is 11.6 Å². The summed E-state index contributed by atoms with van der Waals surface area (Å²) < 4.78 is 0. The molecule has 3 heteroatoms. The van der Waals surface area contributed by atoms with Crippen LogP contribution in [0.1, 0.15) is 26.3 Å². The minimum atomic E-state index is 0.140. The lowest BCUT2D eigenvalue weighted by atomic mass is 10.1. The number of halogens is 1. The molecule has 0 aliphatic rings. The van der Waals surface area contributed by atoms with Gasteiger partial charge in [0.05, 0.1) is 5.02 Å². The normalized spacial score (nSPS) is 11.7. The minimum absolute atomic E-state index is 0.140. The number of phenolic OH excluding ortho intramolecular Hbond substituents is 1. The first kappa shape index (κ1) is 12.3. The Morgan fingerprint density at radius 2 is 2.00 bits per heavy atom. The molecule has 2 N–H and O–H groups in total. The summed E-state index contributed by atoms with van der Waals surface area (Å²) in [4.78, 5) is 0. The van der Waals surface area contributed by atoms with Gasteiger partial charge in [0.2, 0.25) is 0 Å². The van der Waals surface area contributed by atoms with Gasteiger partial charge in [-0.25, -0.2) is 0 Å². The molecule has 0 aliphatic heterocycles. The van der Waals surface area contributed by atoms with Crippen LogP contribution in [-0.2, 0) is 6.42 Å². The summed E-state index contributed by atoms with van der Waals surface area (Å²) in [5.41, 5.74) is 1.27. The fourth-order valence-electron chi connectivity index (χ4n) is 1.29. The van der Waals surface area contributed by atoms with Crippen molar-refractivity contribution in [1.29, 1.82) is 0 Å². The molecule has 0 unspecified atom stereocenters. The molecule has 0 bridgehead atoms. The molecule has 0 spiro atoms. The summed E-state index contributed by atoms with van der Waals surface area (Å²) >= 11 is 5.81. The van der Waals surface area contributed by atoms with Crippen molar-refractivity contribution in [2.75, 3.05) is 6.54 Å². The van der Waals surface area contributed by atoms with Crippen molar-refractivity contribution < 1.29 is 5.11 Å². The average Bonchev–Trinajstić information content (AvgIpc) is 2.09. The van der Waals surface area contributed by atoms with Gasteiger partial charge in [-0.05, 0) is 51.4 Å². The van der Waals surface area contributed by atoms with Gasteiger partial charge >= 0.3 is 0 Å². The summed E-state index contributed by atoms with van der Waals surface area (Å²) in [6.07, 6.45) is 0.914. The predicted octanol–water partition coefficient (Wildman–Crippen LogP) is 2.98. The number of hydrogen-bond acceptors (Lipinski definition) is 2. The van der Waals surface area contributed by atoms with Gasteiger partial charge in [-0.2, -0.15) is 0 Å². The van der Waals surface area contributed by atoms with E-state index in [1.54, 1.807) is 12.1 Å². The van der Waals surface area contributed by atoms with Crippen molar-refractivity contribution in [1.82, 2.24) is 5.32 Å². The number of phenols is 1. The first-order valence-electron chi connectivity index (χ1n) is 5.11. The van der Waals surface area contributed by atoms with Gasteiger partial charge in [0.15, 0.2) is 0 Å². The minimum Gasteiger partial charge on any atom is -0.506 e. The first-order chi connectivity index (χ1) is 6.88. The maximum Gasteiger partial charge on any atom is 0.134 e. The third-order valence-electron chi connectivity index (χ3n) is 2.08. The third-order valence-corrected chi connectivity index (χ3v) is 2.38. The van der Waals surface area contributed by atoms with Crippen molar-refractivity contribution in [3.63, 3.8) is 0 Å². The van der Waals surface area contributed by atoms with Crippen LogP contribution in [0.25, 0.3) is 0 Å². The Morgan fingerprint density at radius 3 is 2.53 bits per heavy atom. The molecule has 0 aliphatic carbocycles. The zero-order valence-electron chi connectivity index (χ0n) is 9.47. The van der Waals surface area contributed by atoms with Gasteiger partial charge in [0.25, 0.3) is 0 Å². The maximum absolute atomic E-state index is 9.25. The van der Waals surface area contributed by atoms with E-state index in [0.29, 0.717) is 5.02 Å². The second-order valence-corrected chi connectivity index (χ2v) is 5.12. The predicted molar refractivity (Wildman–Crippen MR) is 64.6 cm³/mol. The Morgan fingerprint density at radius 1 is 1.33 bits per heavy atom. The van der Waals surface area contributed by atoms with Gasteiger partial charge in [-0.3, -0.25) is 0 Å². The standard InChI is InChI=1S/C12H18ClNO/c1-12(2,3)14-7-6-9-4-5-11(15)10(13)8-9/h4-5,8,14-15H,6-7H2,1-3H3. The molecular weight excluding hydrogens is 210 g/mol. The van der Waals surface area contributed by atoms with E-state index >= 15 is 0 Å². The zero-order valence-corrected chi connectivity index (χ0v) is 10.2. The van der Waals surface area contributed by atoms with Crippen molar-refractivity contribution in [2.24, 2.45) is 0 Å². The van der Waals surface area contributed by atoms with Gasteiger partial charge in [-0.15, -0.1) is 0 Å². The lowest BCUT2D eigenvalue weighted by molar-refractivity contribution is 0.429. The molecule has 0 radical (unpaired) electrons. The highest BCUT2D eigenvalue weighted by molar-refractivity contribution is 6.32. The molecule has 0 atom stereocenters. The number of rotatable bonds is 3. The molecule has 1 aromatic rings. The summed E-state index contributed by atoms with van der Waals surface area (Å²) in [7, 11) is 0. The molecule has 1 rings (SSSR count). The van der Waals surface area contributed by atoms with E-state index in [0.717, 1.165) is 18.5 Å². The number of aromatic hydroxyl groups is 1. The van der Waals surface area contributed by atoms with Crippen molar-refractivity contribution in [3.05, 3.63) is 28.8 Å². The molecular formula is C12H18ClNO. The fraction of sp³-hybridized carbons (Fsp3) is 0.500. The lowest BCUT2D eigenvalue weighted by Gasteiger charge is -2.20. The van der Waals surface area contributed by atoms with E-state index in [9.17, 15) is 5.11 Å². The monoisotopic (exact) mass is 227 g/mol. The van der Waals surface area contributed by atoms with Gasteiger partial charge in [-0.1, -0.05) is 17.7 Å². The average molecular weight is 228 g/mol. The Hall–Kier alpha value is -0.730. The summed E-state index contributed by atoms with van der Waals surface area (Å²) in [6.45, 7) is 7.31. The van der Waals surface area contributed by atoms with Crippen LogP contribution < -0.4 is 5.32 Å².